The van der Waals surface area contributed by atoms with Crippen molar-refractivity contribution in [1.82, 2.24) is 9.97 Å². The summed E-state index contributed by atoms with van der Waals surface area (Å²) in [4.78, 5) is 10.5. The van der Waals surface area contributed by atoms with Gasteiger partial charge in [-0.15, -0.1) is 0 Å². The number of benzene rings is 1. The van der Waals surface area contributed by atoms with E-state index < -0.39 is 21.8 Å². The summed E-state index contributed by atoms with van der Waals surface area (Å²) in [6.07, 6.45) is -1.47. The van der Waals surface area contributed by atoms with Crippen molar-refractivity contribution in [3.8, 4) is 11.3 Å². The number of nitrogens with zero attached hydrogens (tertiary/aromatic N) is 3. The number of alkyl halides is 3. The number of sulfonamides is 1. The van der Waals surface area contributed by atoms with E-state index in [-0.39, 0.29) is 22.1 Å². The van der Waals surface area contributed by atoms with Crippen LogP contribution in [0.25, 0.3) is 11.3 Å². The van der Waals surface area contributed by atoms with Crippen LogP contribution in [-0.2, 0) is 16.2 Å². The number of hydrogen-bond acceptors (Lipinski definition) is 5. The Labute approximate surface area is 203 Å². The maximum atomic E-state index is 13.7. The first-order valence-corrected chi connectivity index (χ1v) is 13.0. The summed E-state index contributed by atoms with van der Waals surface area (Å²) in [5, 5.41) is -0.215. The molecule has 0 spiro atoms. The second kappa shape index (κ2) is 9.85. The van der Waals surface area contributed by atoms with Crippen molar-refractivity contribution in [2.24, 2.45) is 5.92 Å². The molecule has 0 radical (unpaired) electrons. The summed E-state index contributed by atoms with van der Waals surface area (Å²) in [7, 11) is -4.18. The third-order valence-electron chi connectivity index (χ3n) is 6.24. The molecule has 1 aliphatic rings. The van der Waals surface area contributed by atoms with Crippen LogP contribution >= 0.6 is 0 Å². The van der Waals surface area contributed by atoms with Crippen LogP contribution in [0.3, 0.4) is 0 Å². The molecular weight excluding hydrogens is 477 g/mol. The van der Waals surface area contributed by atoms with Crippen LogP contribution in [0.4, 0.5) is 24.8 Å². The number of piperidine rings is 1. The van der Waals surface area contributed by atoms with Gasteiger partial charge in [0.1, 0.15) is 11.6 Å². The SMILES string of the molecule is CCC1CCCN(c2cccc(S(=O)(=O)Nc3ccc(C(F)(F)F)c(-c4ccccc4C)n3)n2)C1. The Bertz CT molecular complexity index is 1310. The minimum atomic E-state index is -4.65. The number of nitrogens with one attached hydrogen (secondary N) is 1. The molecule has 2 aromatic heterocycles. The van der Waals surface area contributed by atoms with Crippen LogP contribution in [0.15, 0.2) is 59.6 Å². The fourth-order valence-corrected chi connectivity index (χ4v) is 5.28. The lowest BCUT2D eigenvalue weighted by molar-refractivity contribution is -0.137. The van der Waals surface area contributed by atoms with Gasteiger partial charge in [0, 0.05) is 18.7 Å². The summed E-state index contributed by atoms with van der Waals surface area (Å²) < 4.78 is 69.5. The van der Waals surface area contributed by atoms with Crippen molar-refractivity contribution in [1.29, 1.82) is 0 Å². The lowest BCUT2D eigenvalue weighted by Gasteiger charge is -2.33. The molecule has 3 aromatic rings. The molecule has 0 saturated carbocycles. The van der Waals surface area contributed by atoms with Crippen LogP contribution in [0.2, 0.25) is 0 Å². The quantitative estimate of drug-likeness (QED) is 0.453. The van der Waals surface area contributed by atoms with E-state index in [1.54, 1.807) is 37.3 Å². The fourth-order valence-electron chi connectivity index (χ4n) is 4.31. The molecule has 3 heterocycles. The van der Waals surface area contributed by atoms with Crippen molar-refractivity contribution in [2.75, 3.05) is 22.7 Å². The zero-order valence-corrected chi connectivity index (χ0v) is 20.3. The van der Waals surface area contributed by atoms with Gasteiger partial charge in [-0.2, -0.15) is 21.6 Å². The highest BCUT2D eigenvalue weighted by molar-refractivity contribution is 7.92. The Morgan fingerprint density at radius 1 is 1.06 bits per heavy atom. The Kier molecular flexibility index (Phi) is 7.02. The Balaban J connectivity index is 1.66. The summed E-state index contributed by atoms with van der Waals surface area (Å²) in [5.74, 6) is 0.875. The molecule has 1 atom stereocenters. The molecule has 1 unspecified atom stereocenters. The van der Waals surface area contributed by atoms with Gasteiger partial charge in [0.25, 0.3) is 10.0 Å². The topological polar surface area (TPSA) is 75.2 Å². The molecule has 1 fully saturated rings. The molecule has 0 aliphatic carbocycles. The second-order valence-electron chi connectivity index (χ2n) is 8.71. The van der Waals surface area contributed by atoms with E-state index in [1.165, 1.54) is 12.1 Å². The van der Waals surface area contributed by atoms with Crippen LogP contribution in [0.1, 0.15) is 37.3 Å². The smallest absolute Gasteiger partial charge is 0.356 e. The number of aromatic nitrogens is 2. The highest BCUT2D eigenvalue weighted by Gasteiger charge is 2.35. The first-order chi connectivity index (χ1) is 16.6. The second-order valence-corrected chi connectivity index (χ2v) is 10.3. The molecule has 1 aliphatic heterocycles. The molecule has 186 valence electrons. The highest BCUT2D eigenvalue weighted by atomic mass is 32.2. The number of anilines is 2. The average molecular weight is 505 g/mol. The minimum Gasteiger partial charge on any atom is -0.356 e. The van der Waals surface area contributed by atoms with Crippen LogP contribution in [0, 0.1) is 12.8 Å². The van der Waals surface area contributed by atoms with Crippen molar-refractivity contribution in [3.63, 3.8) is 0 Å². The monoisotopic (exact) mass is 504 g/mol. The molecule has 0 amide bonds. The number of halogens is 3. The fraction of sp³-hybridized carbons (Fsp3) is 0.360. The summed E-state index contributed by atoms with van der Waals surface area (Å²) in [6.45, 7) is 5.41. The molecule has 4 rings (SSSR count). The van der Waals surface area contributed by atoms with E-state index >= 15 is 0 Å². The zero-order valence-electron chi connectivity index (χ0n) is 19.5. The third-order valence-corrected chi connectivity index (χ3v) is 7.50. The third kappa shape index (κ3) is 5.58. The molecular formula is C25H27F3N4O2S. The molecule has 10 heteroatoms. The standard InChI is InChI=1S/C25H27F3N4O2S/c1-3-18-9-7-15-32(16-18)22-11-6-12-23(30-22)35(33,34)31-21-14-13-20(25(26,27)28)24(29-21)19-10-5-4-8-17(19)2/h4-6,8,10-14,18H,3,7,9,15-16H2,1-2H3,(H,29,31). The molecule has 1 saturated heterocycles. The molecule has 35 heavy (non-hydrogen) atoms. The van der Waals surface area contributed by atoms with Gasteiger partial charge in [0.05, 0.1) is 11.3 Å². The van der Waals surface area contributed by atoms with E-state index in [1.807, 2.05) is 0 Å². The molecule has 6 nitrogen and oxygen atoms in total. The number of rotatable bonds is 6. The predicted molar refractivity (Wildman–Crippen MR) is 130 cm³/mol. The Morgan fingerprint density at radius 2 is 1.83 bits per heavy atom. The van der Waals surface area contributed by atoms with Crippen molar-refractivity contribution < 1.29 is 21.6 Å². The predicted octanol–water partition coefficient (Wildman–Crippen LogP) is 5.90. The Morgan fingerprint density at radius 3 is 2.54 bits per heavy atom. The van der Waals surface area contributed by atoms with E-state index in [0.717, 1.165) is 44.5 Å². The Hall–Kier alpha value is -3.14. The van der Waals surface area contributed by atoms with E-state index in [4.69, 9.17) is 0 Å². The maximum Gasteiger partial charge on any atom is 0.418 e. The first-order valence-electron chi connectivity index (χ1n) is 11.5. The molecule has 0 bridgehead atoms. The highest BCUT2D eigenvalue weighted by Crippen LogP contribution is 2.38. The molecule has 1 N–H and O–H groups in total. The minimum absolute atomic E-state index is 0.215. The van der Waals surface area contributed by atoms with Gasteiger partial charge in [-0.3, -0.25) is 4.72 Å². The van der Waals surface area contributed by atoms with Gasteiger partial charge in [-0.1, -0.05) is 43.7 Å². The molecule has 1 aromatic carbocycles. The van der Waals surface area contributed by atoms with Gasteiger partial charge in [-0.25, -0.2) is 9.97 Å². The average Bonchev–Trinajstić information content (AvgIpc) is 2.83. The number of aryl methyl sites for hydroxylation is 1. The normalized spacial score (nSPS) is 16.8. The van der Waals surface area contributed by atoms with E-state index in [0.29, 0.717) is 17.3 Å². The van der Waals surface area contributed by atoms with Crippen molar-refractivity contribution in [2.45, 2.75) is 44.3 Å². The first kappa shape index (κ1) is 25.0. The summed E-state index contributed by atoms with van der Waals surface area (Å²) in [5.41, 5.74) is -0.412. The largest absolute Gasteiger partial charge is 0.418 e. The summed E-state index contributed by atoms with van der Waals surface area (Å²) >= 11 is 0. The van der Waals surface area contributed by atoms with Crippen LogP contribution in [0.5, 0.6) is 0 Å². The number of hydrogen-bond donors (Lipinski definition) is 1. The van der Waals surface area contributed by atoms with Gasteiger partial charge in [-0.05, 0) is 55.5 Å². The van der Waals surface area contributed by atoms with Gasteiger partial charge >= 0.3 is 6.18 Å². The summed E-state index contributed by atoms with van der Waals surface area (Å²) in [6, 6.07) is 13.1. The number of pyridine rings is 2. The van der Waals surface area contributed by atoms with Gasteiger partial charge in [0.2, 0.25) is 0 Å². The van der Waals surface area contributed by atoms with Crippen LogP contribution < -0.4 is 9.62 Å². The van der Waals surface area contributed by atoms with E-state index in [2.05, 4.69) is 26.5 Å². The van der Waals surface area contributed by atoms with Gasteiger partial charge < -0.3 is 4.90 Å². The lowest BCUT2D eigenvalue weighted by atomic mass is 9.96. The van der Waals surface area contributed by atoms with E-state index in [9.17, 15) is 21.6 Å². The van der Waals surface area contributed by atoms with Crippen molar-refractivity contribution in [3.05, 3.63) is 65.7 Å². The lowest BCUT2D eigenvalue weighted by Crippen LogP contribution is -2.35. The van der Waals surface area contributed by atoms with Gasteiger partial charge in [0.15, 0.2) is 5.03 Å². The zero-order chi connectivity index (χ0) is 25.2. The van der Waals surface area contributed by atoms with Crippen LogP contribution in [-0.4, -0.2) is 31.5 Å². The van der Waals surface area contributed by atoms with Crippen molar-refractivity contribution >= 4 is 21.7 Å². The maximum absolute atomic E-state index is 13.7.